The van der Waals surface area contributed by atoms with Crippen molar-refractivity contribution in [3.05, 3.63) is 27.4 Å². The van der Waals surface area contributed by atoms with Crippen molar-refractivity contribution in [1.29, 1.82) is 0 Å². The minimum atomic E-state index is -0.951. The van der Waals surface area contributed by atoms with Gasteiger partial charge in [0.05, 0.1) is 25.2 Å². The molecular formula is C14H22N2O5. The van der Waals surface area contributed by atoms with Crippen LogP contribution in [-0.2, 0) is 20.8 Å². The molecular weight excluding hydrogens is 276 g/mol. The fraction of sp³-hybridized carbons (Fsp3) is 0.643. The fourth-order valence-electron chi connectivity index (χ4n) is 2.36. The van der Waals surface area contributed by atoms with Gasteiger partial charge in [-0.05, 0) is 20.8 Å². The number of hydrogen-bond acceptors (Lipinski definition) is 5. The molecule has 2 unspecified atom stereocenters. The van der Waals surface area contributed by atoms with Crippen LogP contribution in [0.2, 0.25) is 0 Å². The van der Waals surface area contributed by atoms with Crippen LogP contribution in [0.4, 0.5) is 0 Å². The number of aromatic nitrogens is 2. The lowest BCUT2D eigenvalue weighted by Crippen LogP contribution is -2.35. The maximum absolute atomic E-state index is 12.1. The molecule has 7 nitrogen and oxygen atoms in total. The number of rotatable bonds is 7. The molecule has 0 fully saturated rings. The second kappa shape index (κ2) is 7.33. The quantitative estimate of drug-likeness (QED) is 0.797. The van der Waals surface area contributed by atoms with E-state index in [0.717, 1.165) is 0 Å². The van der Waals surface area contributed by atoms with Crippen molar-refractivity contribution in [3.8, 4) is 0 Å². The van der Waals surface area contributed by atoms with E-state index in [1.54, 1.807) is 27.9 Å². The molecule has 0 aliphatic heterocycles. The minimum Gasteiger partial charge on any atom is -0.481 e. The average molecular weight is 298 g/mol. The Bertz CT molecular complexity index is 567. The van der Waals surface area contributed by atoms with E-state index in [9.17, 15) is 14.7 Å². The first-order valence-corrected chi connectivity index (χ1v) is 6.65. The molecule has 0 spiro atoms. The van der Waals surface area contributed by atoms with Crippen LogP contribution in [0.3, 0.4) is 0 Å². The summed E-state index contributed by atoms with van der Waals surface area (Å²) in [5.41, 5.74) is 1.20. The van der Waals surface area contributed by atoms with E-state index in [4.69, 9.17) is 9.47 Å². The van der Waals surface area contributed by atoms with Crippen LogP contribution in [0.25, 0.3) is 0 Å². The predicted octanol–water partition coefficient (Wildman–Crippen LogP) is 0.710. The Hall–Kier alpha value is -1.73. The van der Waals surface area contributed by atoms with Gasteiger partial charge in [0, 0.05) is 31.2 Å². The zero-order chi connectivity index (χ0) is 16.2. The normalized spacial score (nSPS) is 14.0. The van der Waals surface area contributed by atoms with Crippen molar-refractivity contribution in [2.75, 3.05) is 20.8 Å². The van der Waals surface area contributed by atoms with Gasteiger partial charge in [0.15, 0.2) is 0 Å². The van der Waals surface area contributed by atoms with Crippen molar-refractivity contribution in [3.63, 3.8) is 0 Å². The van der Waals surface area contributed by atoms with E-state index in [1.807, 2.05) is 0 Å². The Morgan fingerprint density at radius 1 is 1.38 bits per heavy atom. The Labute approximate surface area is 123 Å². The average Bonchev–Trinajstić information content (AvgIpc) is 2.41. The maximum atomic E-state index is 12.1. The van der Waals surface area contributed by atoms with Crippen molar-refractivity contribution < 1.29 is 19.4 Å². The molecule has 1 aromatic rings. The summed E-state index contributed by atoms with van der Waals surface area (Å²) >= 11 is 0. The first-order valence-electron chi connectivity index (χ1n) is 6.65. The highest BCUT2D eigenvalue weighted by Gasteiger charge is 2.23. The summed E-state index contributed by atoms with van der Waals surface area (Å²) in [6, 6.07) is 0. The monoisotopic (exact) mass is 298 g/mol. The molecule has 1 N–H and O–H groups in total. The van der Waals surface area contributed by atoms with Crippen molar-refractivity contribution >= 4 is 5.97 Å². The summed E-state index contributed by atoms with van der Waals surface area (Å²) in [6.07, 6.45) is -0.302. The molecule has 2 atom stereocenters. The molecule has 0 bridgehead atoms. The van der Waals surface area contributed by atoms with Crippen molar-refractivity contribution in [2.24, 2.45) is 0 Å². The second-order valence-corrected chi connectivity index (χ2v) is 4.96. The Morgan fingerprint density at radius 3 is 2.48 bits per heavy atom. The van der Waals surface area contributed by atoms with Crippen LogP contribution in [0.15, 0.2) is 4.79 Å². The first kappa shape index (κ1) is 17.3. The predicted molar refractivity (Wildman–Crippen MR) is 76.7 cm³/mol. The molecule has 0 aliphatic carbocycles. The standard InChI is InChI=1S/C14H22N2O5/c1-8(13(17)18)12-9(2)15-14(19)16(10(12)3)6-11(21-5)7-20-4/h8,11H,6-7H2,1-5H3,(H,17,18). The van der Waals surface area contributed by atoms with Gasteiger partial charge in [-0.15, -0.1) is 0 Å². The Balaban J connectivity index is 3.30. The molecule has 0 saturated carbocycles. The van der Waals surface area contributed by atoms with Crippen molar-refractivity contribution in [1.82, 2.24) is 9.55 Å². The third-order valence-electron chi connectivity index (χ3n) is 3.55. The van der Waals surface area contributed by atoms with Crippen LogP contribution in [0, 0.1) is 13.8 Å². The smallest absolute Gasteiger partial charge is 0.348 e. The van der Waals surface area contributed by atoms with Gasteiger partial charge in [0.1, 0.15) is 0 Å². The number of carbonyl (C=O) groups is 1. The lowest BCUT2D eigenvalue weighted by Gasteiger charge is -2.21. The molecule has 1 aromatic heterocycles. The molecule has 0 amide bonds. The number of aliphatic carboxylic acids is 1. The zero-order valence-electron chi connectivity index (χ0n) is 13.0. The lowest BCUT2D eigenvalue weighted by molar-refractivity contribution is -0.138. The van der Waals surface area contributed by atoms with E-state index in [-0.39, 0.29) is 12.6 Å². The molecule has 1 rings (SSSR count). The number of nitrogens with zero attached hydrogens (tertiary/aromatic N) is 2. The number of aryl methyl sites for hydroxylation is 1. The third-order valence-corrected chi connectivity index (χ3v) is 3.55. The van der Waals surface area contributed by atoms with Crippen LogP contribution in [0.5, 0.6) is 0 Å². The summed E-state index contributed by atoms with van der Waals surface area (Å²) in [5, 5.41) is 9.20. The highest BCUT2D eigenvalue weighted by atomic mass is 16.5. The van der Waals surface area contributed by atoms with Gasteiger partial charge in [-0.1, -0.05) is 0 Å². The second-order valence-electron chi connectivity index (χ2n) is 4.96. The molecule has 1 heterocycles. The lowest BCUT2D eigenvalue weighted by atomic mass is 9.98. The number of carboxylic acid groups (broad SMARTS) is 1. The molecule has 0 aromatic carbocycles. The van der Waals surface area contributed by atoms with Gasteiger partial charge < -0.3 is 14.6 Å². The van der Waals surface area contributed by atoms with Gasteiger partial charge in [-0.25, -0.2) is 4.79 Å². The minimum absolute atomic E-state index is 0.266. The number of hydrogen-bond donors (Lipinski definition) is 1. The molecule has 21 heavy (non-hydrogen) atoms. The molecule has 118 valence electrons. The van der Waals surface area contributed by atoms with Crippen LogP contribution in [-0.4, -0.2) is 47.6 Å². The fourth-order valence-corrected chi connectivity index (χ4v) is 2.36. The first-order chi connectivity index (χ1) is 9.83. The highest BCUT2D eigenvalue weighted by Crippen LogP contribution is 2.21. The largest absolute Gasteiger partial charge is 0.481 e. The number of ether oxygens (including phenoxy) is 2. The van der Waals surface area contributed by atoms with Crippen LogP contribution in [0.1, 0.15) is 29.8 Å². The summed E-state index contributed by atoms with van der Waals surface area (Å²) < 4.78 is 11.7. The summed E-state index contributed by atoms with van der Waals surface area (Å²) in [7, 11) is 3.08. The topological polar surface area (TPSA) is 90.6 Å². The zero-order valence-corrected chi connectivity index (χ0v) is 13.0. The van der Waals surface area contributed by atoms with E-state index in [2.05, 4.69) is 4.98 Å². The van der Waals surface area contributed by atoms with Crippen LogP contribution >= 0.6 is 0 Å². The summed E-state index contributed by atoms with van der Waals surface area (Å²) in [5.74, 6) is -1.68. The van der Waals surface area contributed by atoms with Crippen molar-refractivity contribution in [2.45, 2.75) is 39.3 Å². The molecule has 0 radical (unpaired) electrons. The highest BCUT2D eigenvalue weighted by molar-refractivity contribution is 5.76. The van der Waals surface area contributed by atoms with Gasteiger partial charge in [-0.2, -0.15) is 4.98 Å². The van der Waals surface area contributed by atoms with Gasteiger partial charge in [0.2, 0.25) is 0 Å². The van der Waals surface area contributed by atoms with E-state index >= 15 is 0 Å². The summed E-state index contributed by atoms with van der Waals surface area (Å²) in [6.45, 7) is 5.56. The maximum Gasteiger partial charge on any atom is 0.348 e. The molecule has 7 heteroatoms. The van der Waals surface area contributed by atoms with Gasteiger partial charge in [-0.3, -0.25) is 9.36 Å². The Morgan fingerprint density at radius 2 is 2.00 bits per heavy atom. The third kappa shape index (κ3) is 3.89. The Kier molecular flexibility index (Phi) is 6.04. The molecule has 0 aliphatic rings. The van der Waals surface area contributed by atoms with E-state index < -0.39 is 17.6 Å². The van der Waals surface area contributed by atoms with Gasteiger partial charge >= 0.3 is 11.7 Å². The van der Waals surface area contributed by atoms with E-state index in [1.165, 1.54) is 11.7 Å². The molecule has 0 saturated heterocycles. The summed E-state index contributed by atoms with van der Waals surface area (Å²) in [4.78, 5) is 27.2. The van der Waals surface area contributed by atoms with Crippen LogP contribution < -0.4 is 5.69 Å². The number of carboxylic acids is 1. The van der Waals surface area contributed by atoms with E-state index in [0.29, 0.717) is 23.6 Å². The van der Waals surface area contributed by atoms with Gasteiger partial charge in [0.25, 0.3) is 0 Å². The SMILES string of the molecule is COCC(Cn1c(C)c(C(C)C(=O)O)c(C)nc1=O)OC. The number of methoxy groups -OCH3 is 2.